The molecule has 2 aromatic rings. The van der Waals surface area contributed by atoms with Crippen molar-refractivity contribution in [2.45, 2.75) is 32.1 Å². The van der Waals surface area contributed by atoms with Crippen molar-refractivity contribution in [2.75, 3.05) is 0 Å². The number of nitrogens with zero attached hydrogens (tertiary/aromatic N) is 1. The van der Waals surface area contributed by atoms with Crippen LogP contribution in [0.15, 0.2) is 53.0 Å². The molecule has 0 N–H and O–H groups in total. The minimum atomic E-state index is -4.40. The first kappa shape index (κ1) is 18.0. The average Bonchev–Trinajstić information content (AvgIpc) is 3.40. The third-order valence-corrected chi connectivity index (χ3v) is 4.96. The first-order chi connectivity index (χ1) is 11.8. The molecule has 1 saturated carbocycles. The molecule has 0 spiro atoms. The Morgan fingerprint density at radius 2 is 1.76 bits per heavy atom. The second-order valence-corrected chi connectivity index (χ2v) is 7.11. The van der Waals surface area contributed by atoms with Gasteiger partial charge < -0.3 is 4.90 Å². The van der Waals surface area contributed by atoms with E-state index in [-0.39, 0.29) is 18.4 Å². The Hall–Kier alpha value is -1.82. The number of carbonyl (C=O) groups excluding carboxylic acids is 1. The van der Waals surface area contributed by atoms with Crippen molar-refractivity contribution in [3.8, 4) is 0 Å². The zero-order chi connectivity index (χ0) is 18.0. The van der Waals surface area contributed by atoms with E-state index in [1.54, 1.807) is 4.90 Å². The van der Waals surface area contributed by atoms with Crippen molar-refractivity contribution >= 4 is 21.8 Å². The minimum absolute atomic E-state index is 0.00756. The summed E-state index contributed by atoms with van der Waals surface area (Å²) in [7, 11) is 0. The quantitative estimate of drug-likeness (QED) is 0.644. The number of halogens is 4. The highest BCUT2D eigenvalue weighted by molar-refractivity contribution is 9.10. The van der Waals surface area contributed by atoms with Gasteiger partial charge in [0.2, 0.25) is 5.91 Å². The summed E-state index contributed by atoms with van der Waals surface area (Å²) in [6.45, 7) is 0.535. The molecule has 0 bridgehead atoms. The summed E-state index contributed by atoms with van der Waals surface area (Å²) in [5.74, 6) is 0.0152. The maximum Gasteiger partial charge on any atom is 0.416 e. The molecule has 0 saturated heterocycles. The van der Waals surface area contributed by atoms with Crippen LogP contribution in [-0.4, -0.2) is 10.8 Å². The topological polar surface area (TPSA) is 20.3 Å². The summed E-state index contributed by atoms with van der Waals surface area (Å²) in [5, 5.41) is 0. The first-order valence-corrected chi connectivity index (χ1v) is 8.82. The highest BCUT2D eigenvalue weighted by atomic mass is 79.9. The monoisotopic (exact) mass is 411 g/mol. The summed E-state index contributed by atoms with van der Waals surface area (Å²) in [6, 6.07) is 13.0. The number of carbonyl (C=O) groups is 1. The molecule has 0 aliphatic heterocycles. The molecule has 0 atom stereocenters. The van der Waals surface area contributed by atoms with Crippen molar-refractivity contribution in [2.24, 2.45) is 5.92 Å². The second kappa shape index (κ2) is 7.20. The fourth-order valence-corrected chi connectivity index (χ4v) is 3.05. The van der Waals surface area contributed by atoms with Gasteiger partial charge in [-0.25, -0.2) is 0 Å². The Labute approximate surface area is 152 Å². The van der Waals surface area contributed by atoms with Crippen molar-refractivity contribution in [1.29, 1.82) is 0 Å². The van der Waals surface area contributed by atoms with E-state index in [1.807, 2.05) is 30.3 Å². The molecule has 1 amide bonds. The molecule has 1 fully saturated rings. The molecule has 1 aliphatic rings. The number of rotatable bonds is 5. The van der Waals surface area contributed by atoms with Crippen LogP contribution in [0, 0.1) is 5.92 Å². The van der Waals surface area contributed by atoms with E-state index >= 15 is 0 Å². The molecular weight excluding hydrogens is 395 g/mol. The lowest BCUT2D eigenvalue weighted by atomic mass is 10.1. The molecule has 1 aliphatic carbocycles. The molecule has 25 heavy (non-hydrogen) atoms. The van der Waals surface area contributed by atoms with Crippen molar-refractivity contribution in [1.82, 2.24) is 4.90 Å². The molecule has 2 aromatic carbocycles. The Kier molecular flexibility index (Phi) is 5.18. The summed E-state index contributed by atoms with van der Waals surface area (Å²) < 4.78 is 39.5. The van der Waals surface area contributed by atoms with E-state index in [1.165, 1.54) is 6.07 Å². The van der Waals surface area contributed by atoms with Gasteiger partial charge in [-0.1, -0.05) is 46.3 Å². The third kappa shape index (κ3) is 4.63. The SMILES string of the molecule is O=C(C1CC1)N(Cc1ccccc1)Cc1cc(C(F)(F)F)ccc1Br. The number of amides is 1. The van der Waals surface area contributed by atoms with Crippen LogP contribution in [0.4, 0.5) is 13.2 Å². The number of hydrogen-bond donors (Lipinski definition) is 0. The highest BCUT2D eigenvalue weighted by Crippen LogP contribution is 2.35. The van der Waals surface area contributed by atoms with E-state index in [2.05, 4.69) is 15.9 Å². The third-order valence-electron chi connectivity index (χ3n) is 4.19. The maximum atomic E-state index is 13.0. The Morgan fingerprint density at radius 1 is 1.08 bits per heavy atom. The highest BCUT2D eigenvalue weighted by Gasteiger charge is 2.34. The van der Waals surface area contributed by atoms with Gasteiger partial charge in [0.15, 0.2) is 0 Å². The van der Waals surface area contributed by atoms with Crippen LogP contribution in [0.1, 0.15) is 29.5 Å². The predicted octanol–water partition coefficient (Wildman–Crippen LogP) is 5.41. The van der Waals surface area contributed by atoms with E-state index in [4.69, 9.17) is 0 Å². The number of hydrogen-bond acceptors (Lipinski definition) is 1. The van der Waals surface area contributed by atoms with Gasteiger partial charge in [-0.2, -0.15) is 13.2 Å². The van der Waals surface area contributed by atoms with Gasteiger partial charge in [-0.05, 0) is 42.2 Å². The zero-order valence-corrected chi connectivity index (χ0v) is 15.0. The van der Waals surface area contributed by atoms with E-state index in [0.29, 0.717) is 16.6 Å². The largest absolute Gasteiger partial charge is 0.416 e. The summed E-state index contributed by atoms with van der Waals surface area (Å²) >= 11 is 3.31. The standard InChI is InChI=1S/C19H17BrF3NO/c20-17-9-8-16(19(21,22)23)10-15(17)12-24(18(25)14-6-7-14)11-13-4-2-1-3-5-13/h1-5,8-10,14H,6-7,11-12H2. The summed E-state index contributed by atoms with van der Waals surface area (Å²) in [6.07, 6.45) is -2.69. The van der Waals surface area contributed by atoms with Crippen molar-refractivity contribution in [3.63, 3.8) is 0 Å². The van der Waals surface area contributed by atoms with E-state index in [9.17, 15) is 18.0 Å². The molecule has 0 heterocycles. The normalized spacial score (nSPS) is 14.4. The molecule has 0 radical (unpaired) electrons. The summed E-state index contributed by atoms with van der Waals surface area (Å²) in [4.78, 5) is 14.2. The fraction of sp³-hybridized carbons (Fsp3) is 0.316. The maximum absolute atomic E-state index is 13.0. The van der Waals surface area contributed by atoms with Gasteiger partial charge >= 0.3 is 6.18 Å². The van der Waals surface area contributed by atoms with Crippen LogP contribution in [0.2, 0.25) is 0 Å². The van der Waals surface area contributed by atoms with Crippen LogP contribution in [0.5, 0.6) is 0 Å². The molecule has 6 heteroatoms. The Bertz CT molecular complexity index is 757. The average molecular weight is 412 g/mol. The number of benzene rings is 2. The van der Waals surface area contributed by atoms with Gasteiger partial charge in [-0.3, -0.25) is 4.79 Å². The molecule has 0 aromatic heterocycles. The molecule has 3 rings (SSSR count). The van der Waals surface area contributed by atoms with Crippen LogP contribution in [-0.2, 0) is 24.1 Å². The van der Waals surface area contributed by atoms with E-state index < -0.39 is 11.7 Å². The van der Waals surface area contributed by atoms with Crippen LogP contribution >= 0.6 is 15.9 Å². The van der Waals surface area contributed by atoms with Crippen molar-refractivity contribution in [3.05, 3.63) is 69.7 Å². The van der Waals surface area contributed by atoms with Gasteiger partial charge in [0.1, 0.15) is 0 Å². The van der Waals surface area contributed by atoms with Crippen molar-refractivity contribution < 1.29 is 18.0 Å². The summed E-state index contributed by atoms with van der Waals surface area (Å²) in [5.41, 5.74) is 0.712. The molecule has 0 unspecified atom stereocenters. The lowest BCUT2D eigenvalue weighted by Gasteiger charge is -2.24. The van der Waals surface area contributed by atoms with Crippen LogP contribution in [0.3, 0.4) is 0 Å². The predicted molar refractivity (Wildman–Crippen MR) is 92.6 cm³/mol. The van der Waals surface area contributed by atoms with Gasteiger partial charge in [0, 0.05) is 23.5 Å². The van der Waals surface area contributed by atoms with E-state index in [0.717, 1.165) is 30.5 Å². The minimum Gasteiger partial charge on any atom is -0.334 e. The lowest BCUT2D eigenvalue weighted by Crippen LogP contribution is -2.31. The Morgan fingerprint density at radius 3 is 2.36 bits per heavy atom. The van der Waals surface area contributed by atoms with Crippen LogP contribution in [0.25, 0.3) is 0 Å². The molecule has 2 nitrogen and oxygen atoms in total. The number of alkyl halides is 3. The molecular formula is C19H17BrF3NO. The lowest BCUT2D eigenvalue weighted by molar-refractivity contribution is -0.137. The van der Waals surface area contributed by atoms with Gasteiger partial charge in [0.05, 0.1) is 5.56 Å². The van der Waals surface area contributed by atoms with Gasteiger partial charge in [0.25, 0.3) is 0 Å². The molecule has 132 valence electrons. The van der Waals surface area contributed by atoms with Gasteiger partial charge in [-0.15, -0.1) is 0 Å². The first-order valence-electron chi connectivity index (χ1n) is 8.03. The Balaban J connectivity index is 1.86. The second-order valence-electron chi connectivity index (χ2n) is 6.26. The fourth-order valence-electron chi connectivity index (χ4n) is 2.68. The van der Waals surface area contributed by atoms with Crippen LogP contribution < -0.4 is 0 Å². The zero-order valence-electron chi connectivity index (χ0n) is 13.4. The smallest absolute Gasteiger partial charge is 0.334 e.